The smallest absolute Gasteiger partial charge is 0.0568 e. The average Bonchev–Trinajstić information content (AvgIpc) is 2.67. The summed E-state index contributed by atoms with van der Waals surface area (Å²) in [6, 6.07) is 10.3. The lowest BCUT2D eigenvalue weighted by Crippen LogP contribution is -2.22. The van der Waals surface area contributed by atoms with E-state index in [0.29, 0.717) is 0 Å². The van der Waals surface area contributed by atoms with E-state index < -0.39 is 0 Å². The Labute approximate surface area is 89.5 Å². The van der Waals surface area contributed by atoms with Gasteiger partial charge in [-0.3, -0.25) is 4.68 Å². The van der Waals surface area contributed by atoms with Crippen LogP contribution in [0.1, 0.15) is 6.92 Å². The van der Waals surface area contributed by atoms with Crippen molar-refractivity contribution < 1.29 is 0 Å². The zero-order valence-electron chi connectivity index (χ0n) is 8.80. The van der Waals surface area contributed by atoms with Crippen molar-refractivity contribution in [2.45, 2.75) is 19.5 Å². The summed E-state index contributed by atoms with van der Waals surface area (Å²) in [6.07, 6.45) is 3.90. The highest BCUT2D eigenvalue weighted by Crippen LogP contribution is 2.17. The molecule has 1 aromatic heterocycles. The summed E-state index contributed by atoms with van der Waals surface area (Å²) >= 11 is 0. The predicted octanol–water partition coefficient (Wildman–Crippen LogP) is 1.90. The highest BCUT2D eigenvalue weighted by atomic mass is 15.3. The number of benzene rings is 1. The van der Waals surface area contributed by atoms with E-state index in [4.69, 9.17) is 5.73 Å². The normalized spacial score (nSPS) is 12.7. The van der Waals surface area contributed by atoms with Gasteiger partial charge in [-0.05, 0) is 12.5 Å². The summed E-state index contributed by atoms with van der Waals surface area (Å²) in [5.41, 5.74) is 8.04. The minimum Gasteiger partial charge on any atom is -0.326 e. The van der Waals surface area contributed by atoms with Crippen LogP contribution in [0.4, 0.5) is 0 Å². The number of hydrogen-bond donors (Lipinski definition) is 1. The van der Waals surface area contributed by atoms with Gasteiger partial charge in [0.1, 0.15) is 0 Å². The van der Waals surface area contributed by atoms with Gasteiger partial charge in [-0.15, -0.1) is 0 Å². The van der Waals surface area contributed by atoms with E-state index in [1.807, 2.05) is 42.2 Å². The van der Waals surface area contributed by atoms with E-state index >= 15 is 0 Å². The molecule has 0 spiro atoms. The number of nitrogens with zero attached hydrogens (tertiary/aromatic N) is 2. The van der Waals surface area contributed by atoms with Crippen molar-refractivity contribution >= 4 is 0 Å². The molecule has 0 saturated heterocycles. The Morgan fingerprint density at radius 2 is 2.00 bits per heavy atom. The van der Waals surface area contributed by atoms with Crippen LogP contribution in [0.15, 0.2) is 42.7 Å². The van der Waals surface area contributed by atoms with E-state index in [1.165, 1.54) is 5.56 Å². The van der Waals surface area contributed by atoms with E-state index in [2.05, 4.69) is 17.2 Å². The molecule has 0 aliphatic heterocycles. The van der Waals surface area contributed by atoms with Crippen LogP contribution >= 0.6 is 0 Å². The van der Waals surface area contributed by atoms with Crippen LogP contribution < -0.4 is 5.73 Å². The molecule has 0 unspecified atom stereocenters. The summed E-state index contributed by atoms with van der Waals surface area (Å²) in [5.74, 6) is 0. The lowest BCUT2D eigenvalue weighted by Gasteiger charge is -2.03. The van der Waals surface area contributed by atoms with Gasteiger partial charge in [0, 0.05) is 17.8 Å². The fourth-order valence-corrected chi connectivity index (χ4v) is 1.54. The second kappa shape index (κ2) is 4.28. The lowest BCUT2D eigenvalue weighted by atomic mass is 10.1. The molecule has 1 heterocycles. The van der Waals surface area contributed by atoms with Gasteiger partial charge < -0.3 is 5.73 Å². The number of hydrogen-bond acceptors (Lipinski definition) is 2. The molecule has 0 aliphatic rings. The van der Waals surface area contributed by atoms with E-state index in [1.54, 1.807) is 0 Å². The minimum absolute atomic E-state index is 0.133. The molecule has 0 radical (unpaired) electrons. The molecule has 0 aliphatic carbocycles. The van der Waals surface area contributed by atoms with Crippen LogP contribution in [-0.4, -0.2) is 15.8 Å². The maximum Gasteiger partial charge on any atom is 0.0568 e. The Balaban J connectivity index is 2.21. The van der Waals surface area contributed by atoms with E-state index in [0.717, 1.165) is 12.1 Å². The maximum absolute atomic E-state index is 5.71. The van der Waals surface area contributed by atoms with Crippen molar-refractivity contribution in [3.63, 3.8) is 0 Å². The first-order valence-corrected chi connectivity index (χ1v) is 5.09. The SMILES string of the molecule is C[C@@H](N)Cn1cc(-c2ccccc2)cn1. The third-order valence-corrected chi connectivity index (χ3v) is 2.22. The summed E-state index contributed by atoms with van der Waals surface area (Å²) in [6.45, 7) is 2.73. The molecule has 15 heavy (non-hydrogen) atoms. The Kier molecular flexibility index (Phi) is 2.83. The standard InChI is InChI=1S/C12H15N3/c1-10(13)8-15-9-12(7-14-15)11-5-3-2-4-6-11/h2-7,9-10H,8,13H2,1H3/t10-/m1/s1. The van der Waals surface area contributed by atoms with Crippen LogP contribution in [-0.2, 0) is 6.54 Å². The second-order valence-electron chi connectivity index (χ2n) is 3.79. The Morgan fingerprint density at radius 3 is 2.67 bits per heavy atom. The molecular formula is C12H15N3. The number of aromatic nitrogens is 2. The van der Waals surface area contributed by atoms with Crippen molar-refractivity contribution in [3.05, 3.63) is 42.7 Å². The van der Waals surface area contributed by atoms with Gasteiger partial charge in [-0.2, -0.15) is 5.10 Å². The summed E-state index contributed by atoms with van der Waals surface area (Å²) in [7, 11) is 0. The van der Waals surface area contributed by atoms with Crippen molar-refractivity contribution in [1.29, 1.82) is 0 Å². The Bertz CT molecular complexity index is 417. The third-order valence-electron chi connectivity index (χ3n) is 2.22. The summed E-state index contributed by atoms with van der Waals surface area (Å²) in [5, 5.41) is 4.27. The number of rotatable bonds is 3. The topological polar surface area (TPSA) is 43.8 Å². The fourth-order valence-electron chi connectivity index (χ4n) is 1.54. The van der Waals surface area contributed by atoms with E-state index in [9.17, 15) is 0 Å². The first kappa shape index (κ1) is 9.93. The monoisotopic (exact) mass is 201 g/mol. The van der Waals surface area contributed by atoms with Crippen LogP contribution in [0.5, 0.6) is 0 Å². The molecule has 78 valence electrons. The zero-order valence-corrected chi connectivity index (χ0v) is 8.80. The van der Waals surface area contributed by atoms with Crippen molar-refractivity contribution in [2.75, 3.05) is 0 Å². The third kappa shape index (κ3) is 2.44. The highest BCUT2D eigenvalue weighted by Gasteiger charge is 2.02. The lowest BCUT2D eigenvalue weighted by molar-refractivity contribution is 0.539. The van der Waals surface area contributed by atoms with Gasteiger partial charge in [0.2, 0.25) is 0 Å². The second-order valence-corrected chi connectivity index (χ2v) is 3.79. The molecule has 2 N–H and O–H groups in total. The first-order valence-electron chi connectivity index (χ1n) is 5.09. The molecule has 3 nitrogen and oxygen atoms in total. The first-order chi connectivity index (χ1) is 7.25. The molecule has 2 rings (SSSR count). The molecule has 3 heteroatoms. The predicted molar refractivity (Wildman–Crippen MR) is 61.3 cm³/mol. The van der Waals surface area contributed by atoms with Crippen LogP contribution in [0.25, 0.3) is 11.1 Å². The molecule has 0 fully saturated rings. The van der Waals surface area contributed by atoms with Crippen molar-refractivity contribution in [1.82, 2.24) is 9.78 Å². The quantitative estimate of drug-likeness (QED) is 0.824. The van der Waals surface area contributed by atoms with Gasteiger partial charge in [0.15, 0.2) is 0 Å². The zero-order chi connectivity index (χ0) is 10.7. The van der Waals surface area contributed by atoms with Crippen LogP contribution in [0, 0.1) is 0 Å². The minimum atomic E-state index is 0.133. The summed E-state index contributed by atoms with van der Waals surface area (Å²) in [4.78, 5) is 0. The maximum atomic E-state index is 5.71. The largest absolute Gasteiger partial charge is 0.326 e. The van der Waals surface area contributed by atoms with Gasteiger partial charge >= 0.3 is 0 Å². The molecule has 2 aromatic rings. The molecular weight excluding hydrogens is 186 g/mol. The van der Waals surface area contributed by atoms with Gasteiger partial charge in [0.25, 0.3) is 0 Å². The highest BCUT2D eigenvalue weighted by molar-refractivity contribution is 5.61. The summed E-state index contributed by atoms with van der Waals surface area (Å²) < 4.78 is 1.88. The van der Waals surface area contributed by atoms with Crippen molar-refractivity contribution in [3.8, 4) is 11.1 Å². The number of nitrogens with two attached hydrogens (primary N) is 1. The Morgan fingerprint density at radius 1 is 1.27 bits per heavy atom. The van der Waals surface area contributed by atoms with Crippen molar-refractivity contribution in [2.24, 2.45) is 5.73 Å². The van der Waals surface area contributed by atoms with Crippen LogP contribution in [0.2, 0.25) is 0 Å². The fraction of sp³-hybridized carbons (Fsp3) is 0.250. The molecule has 0 saturated carbocycles. The Hall–Kier alpha value is -1.61. The molecule has 1 aromatic carbocycles. The van der Waals surface area contributed by atoms with Gasteiger partial charge in [0.05, 0.1) is 12.7 Å². The molecule has 0 bridgehead atoms. The van der Waals surface area contributed by atoms with Gasteiger partial charge in [-0.25, -0.2) is 0 Å². The van der Waals surface area contributed by atoms with Gasteiger partial charge in [-0.1, -0.05) is 30.3 Å². The molecule has 0 amide bonds. The van der Waals surface area contributed by atoms with E-state index in [-0.39, 0.29) is 6.04 Å². The molecule has 1 atom stereocenters. The van der Waals surface area contributed by atoms with Crippen LogP contribution in [0.3, 0.4) is 0 Å². The average molecular weight is 201 g/mol.